The van der Waals surface area contributed by atoms with Gasteiger partial charge in [0.05, 0.1) is 13.2 Å². The molecule has 0 saturated heterocycles. The lowest BCUT2D eigenvalue weighted by Gasteiger charge is -2.24. The van der Waals surface area contributed by atoms with Crippen molar-refractivity contribution in [2.45, 2.75) is 26.4 Å². The fraction of sp³-hybridized carbons (Fsp3) is 0.429. The van der Waals surface area contributed by atoms with E-state index in [2.05, 4.69) is 6.58 Å². The maximum Gasteiger partial charge on any atom is 0.341 e. The monoisotopic (exact) mass is 268 g/mol. The van der Waals surface area contributed by atoms with Gasteiger partial charge in [0.25, 0.3) is 0 Å². The van der Waals surface area contributed by atoms with Gasteiger partial charge >= 0.3 is 7.60 Å². The molecule has 0 bridgehead atoms. The van der Waals surface area contributed by atoms with E-state index >= 15 is 0 Å². The van der Waals surface area contributed by atoms with Crippen LogP contribution < -0.4 is 0 Å². The zero-order valence-corrected chi connectivity index (χ0v) is 12.2. The number of hydrogen-bond donors (Lipinski definition) is 0. The molecule has 0 amide bonds. The van der Waals surface area contributed by atoms with E-state index in [0.717, 1.165) is 11.1 Å². The second-order valence-corrected chi connectivity index (χ2v) is 6.12. The van der Waals surface area contributed by atoms with Gasteiger partial charge in [-0.15, -0.1) is 6.58 Å². The minimum Gasteiger partial charge on any atom is -0.308 e. The highest BCUT2D eigenvalue weighted by molar-refractivity contribution is 7.54. The van der Waals surface area contributed by atoms with Crippen molar-refractivity contribution in [3.05, 3.63) is 48.0 Å². The molecule has 0 radical (unpaired) electrons. The molecule has 0 aliphatic carbocycles. The van der Waals surface area contributed by atoms with Crippen molar-refractivity contribution in [3.63, 3.8) is 0 Å². The van der Waals surface area contributed by atoms with Gasteiger partial charge in [-0.25, -0.2) is 0 Å². The first-order chi connectivity index (χ1) is 8.57. The van der Waals surface area contributed by atoms with Gasteiger partial charge in [0, 0.05) is 0 Å². The Labute approximate surface area is 109 Å². The van der Waals surface area contributed by atoms with Crippen molar-refractivity contribution in [2.24, 2.45) is 0 Å². The molecular formula is C14H21O3P. The van der Waals surface area contributed by atoms with Gasteiger partial charge in [0.15, 0.2) is 0 Å². The molecule has 0 aliphatic rings. The zero-order valence-electron chi connectivity index (χ0n) is 11.3. The van der Waals surface area contributed by atoms with Gasteiger partial charge in [0.2, 0.25) is 0 Å². The van der Waals surface area contributed by atoms with Crippen LogP contribution in [0.1, 0.15) is 30.6 Å². The predicted molar refractivity (Wildman–Crippen MR) is 75.0 cm³/mol. The molecule has 0 fully saturated rings. The summed E-state index contributed by atoms with van der Waals surface area (Å²) in [6, 6.07) is 7.83. The Morgan fingerprint density at radius 2 is 1.94 bits per heavy atom. The van der Waals surface area contributed by atoms with Crippen molar-refractivity contribution >= 4 is 7.60 Å². The summed E-state index contributed by atoms with van der Waals surface area (Å²) >= 11 is 0. The summed E-state index contributed by atoms with van der Waals surface area (Å²) in [6.07, 6.45) is 1.64. The molecule has 100 valence electrons. The third-order valence-corrected chi connectivity index (χ3v) is 4.99. The van der Waals surface area contributed by atoms with Gasteiger partial charge in [-0.3, -0.25) is 4.57 Å². The number of aryl methyl sites for hydroxylation is 1. The summed E-state index contributed by atoms with van der Waals surface area (Å²) in [5, 5.41) is 0. The van der Waals surface area contributed by atoms with Crippen LogP contribution in [0.15, 0.2) is 36.9 Å². The Hall–Kier alpha value is -0.890. The molecule has 0 saturated carbocycles. The standard InChI is InChI=1S/C14H21O3P/c1-5-14(13-10-8-9-12(4)11-13)18(15,16-6-2)17-7-3/h5,8-11,14H,1,6-7H2,2-4H3. The first kappa shape index (κ1) is 15.2. The summed E-state index contributed by atoms with van der Waals surface area (Å²) in [6.45, 7) is 10.1. The van der Waals surface area contributed by atoms with E-state index in [9.17, 15) is 4.57 Å². The highest BCUT2D eigenvalue weighted by Gasteiger charge is 2.34. The molecule has 0 N–H and O–H groups in total. The van der Waals surface area contributed by atoms with Gasteiger partial charge in [-0.05, 0) is 26.3 Å². The molecule has 0 spiro atoms. The van der Waals surface area contributed by atoms with Crippen LogP contribution >= 0.6 is 7.60 Å². The number of benzene rings is 1. The molecule has 3 nitrogen and oxygen atoms in total. The lowest BCUT2D eigenvalue weighted by molar-refractivity contribution is 0.215. The fourth-order valence-electron chi connectivity index (χ4n) is 1.86. The molecule has 18 heavy (non-hydrogen) atoms. The van der Waals surface area contributed by atoms with E-state index in [1.807, 2.05) is 45.0 Å². The SMILES string of the molecule is C=CC(c1cccc(C)c1)P(=O)(OCC)OCC. The van der Waals surface area contributed by atoms with Crippen molar-refractivity contribution in [1.29, 1.82) is 0 Å². The van der Waals surface area contributed by atoms with Gasteiger partial charge in [0.1, 0.15) is 5.66 Å². The zero-order chi connectivity index (χ0) is 13.6. The lowest BCUT2D eigenvalue weighted by atomic mass is 10.1. The van der Waals surface area contributed by atoms with Crippen molar-refractivity contribution in [1.82, 2.24) is 0 Å². The minimum atomic E-state index is -3.19. The van der Waals surface area contributed by atoms with Crippen molar-refractivity contribution in [2.75, 3.05) is 13.2 Å². The Morgan fingerprint density at radius 3 is 2.39 bits per heavy atom. The number of allylic oxidation sites excluding steroid dienone is 1. The summed E-state index contributed by atoms with van der Waals surface area (Å²) < 4.78 is 23.5. The molecular weight excluding hydrogens is 247 g/mol. The van der Waals surface area contributed by atoms with Crippen LogP contribution in [0.2, 0.25) is 0 Å². The second-order valence-electron chi connectivity index (χ2n) is 3.97. The third kappa shape index (κ3) is 3.55. The Bertz CT molecular complexity index is 432. The summed E-state index contributed by atoms with van der Waals surface area (Å²) in [7, 11) is -3.19. The highest BCUT2D eigenvalue weighted by Crippen LogP contribution is 2.61. The average molecular weight is 268 g/mol. The van der Waals surface area contributed by atoms with Crippen LogP contribution in [0.25, 0.3) is 0 Å². The Balaban J connectivity index is 3.13. The van der Waals surface area contributed by atoms with Gasteiger partial charge in [-0.1, -0.05) is 35.9 Å². The van der Waals surface area contributed by atoms with E-state index in [1.54, 1.807) is 6.08 Å². The van der Waals surface area contributed by atoms with Crippen molar-refractivity contribution < 1.29 is 13.6 Å². The van der Waals surface area contributed by atoms with E-state index in [0.29, 0.717) is 13.2 Å². The normalized spacial score (nSPS) is 13.3. The quantitative estimate of drug-likeness (QED) is 0.540. The van der Waals surface area contributed by atoms with E-state index in [-0.39, 0.29) is 0 Å². The topological polar surface area (TPSA) is 35.5 Å². The molecule has 1 atom stereocenters. The molecule has 1 rings (SSSR count). The molecule has 1 aromatic carbocycles. The molecule has 0 aromatic heterocycles. The second kappa shape index (κ2) is 6.89. The van der Waals surface area contributed by atoms with E-state index in [4.69, 9.17) is 9.05 Å². The minimum absolute atomic E-state index is 0.355. The number of rotatable bonds is 7. The van der Waals surface area contributed by atoms with Crippen LogP contribution in [0.4, 0.5) is 0 Å². The maximum absolute atomic E-state index is 12.7. The van der Waals surface area contributed by atoms with Gasteiger partial charge in [-0.2, -0.15) is 0 Å². The maximum atomic E-state index is 12.7. The highest BCUT2D eigenvalue weighted by atomic mass is 31.2. The first-order valence-corrected chi connectivity index (χ1v) is 7.76. The van der Waals surface area contributed by atoms with Gasteiger partial charge < -0.3 is 9.05 Å². The third-order valence-electron chi connectivity index (χ3n) is 2.57. The van der Waals surface area contributed by atoms with Crippen molar-refractivity contribution in [3.8, 4) is 0 Å². The molecule has 0 aliphatic heterocycles. The summed E-state index contributed by atoms with van der Waals surface area (Å²) in [5.41, 5.74) is 1.60. The first-order valence-electron chi connectivity index (χ1n) is 6.15. The Morgan fingerprint density at radius 1 is 1.33 bits per heavy atom. The molecule has 4 heteroatoms. The van der Waals surface area contributed by atoms with Crippen LogP contribution in [-0.2, 0) is 13.6 Å². The fourth-order valence-corrected chi connectivity index (χ4v) is 3.76. The number of hydrogen-bond acceptors (Lipinski definition) is 3. The van der Waals surface area contributed by atoms with Crippen LogP contribution in [0.5, 0.6) is 0 Å². The van der Waals surface area contributed by atoms with Crippen LogP contribution in [0.3, 0.4) is 0 Å². The molecule has 1 aromatic rings. The van der Waals surface area contributed by atoms with E-state index < -0.39 is 13.3 Å². The molecule has 0 heterocycles. The molecule has 1 unspecified atom stereocenters. The largest absolute Gasteiger partial charge is 0.341 e. The Kier molecular flexibility index (Phi) is 5.80. The van der Waals surface area contributed by atoms with Crippen LogP contribution in [0, 0.1) is 6.92 Å². The van der Waals surface area contributed by atoms with E-state index in [1.165, 1.54) is 0 Å². The summed E-state index contributed by atoms with van der Waals surface area (Å²) in [5.74, 6) is 0. The predicted octanol–water partition coefficient (Wildman–Crippen LogP) is 4.49. The average Bonchev–Trinajstić information content (AvgIpc) is 2.30. The smallest absolute Gasteiger partial charge is 0.308 e. The van der Waals surface area contributed by atoms with Crippen LogP contribution in [-0.4, -0.2) is 13.2 Å². The lowest BCUT2D eigenvalue weighted by Crippen LogP contribution is -2.05. The summed E-state index contributed by atoms with van der Waals surface area (Å²) in [4.78, 5) is 0.